The van der Waals surface area contributed by atoms with Gasteiger partial charge in [-0.1, -0.05) is 18.2 Å². The zero-order chi connectivity index (χ0) is 11.9. The van der Waals surface area contributed by atoms with Crippen molar-refractivity contribution in [3.05, 3.63) is 65.7 Å². The molecule has 0 unspecified atom stereocenters. The van der Waals surface area contributed by atoms with Gasteiger partial charge < -0.3 is 5.32 Å². The van der Waals surface area contributed by atoms with Crippen molar-refractivity contribution in [2.45, 2.75) is 13.0 Å². The lowest BCUT2D eigenvalue weighted by Crippen LogP contribution is -2.17. The van der Waals surface area contributed by atoms with Crippen LogP contribution < -0.4 is 5.32 Å². The zero-order valence-electron chi connectivity index (χ0n) is 9.97. The van der Waals surface area contributed by atoms with Crippen molar-refractivity contribution in [3.8, 4) is 0 Å². The van der Waals surface area contributed by atoms with E-state index in [-0.39, 0.29) is 18.2 Å². The first-order valence-electron chi connectivity index (χ1n) is 5.69. The fourth-order valence-electron chi connectivity index (χ4n) is 1.66. The van der Waals surface area contributed by atoms with Crippen LogP contribution >= 0.6 is 12.4 Å². The van der Waals surface area contributed by atoms with E-state index >= 15 is 0 Å². The molecule has 0 bridgehead atoms. The van der Waals surface area contributed by atoms with Gasteiger partial charge in [-0.05, 0) is 42.3 Å². The van der Waals surface area contributed by atoms with Crippen LogP contribution in [0.1, 0.15) is 11.1 Å². The number of benzene rings is 1. The zero-order valence-corrected chi connectivity index (χ0v) is 10.8. The smallest absolute Gasteiger partial charge is 0.126 e. The molecular formula is C14H16ClFN2. The lowest BCUT2D eigenvalue weighted by Gasteiger charge is -2.05. The predicted octanol–water partition coefficient (Wildman–Crippen LogP) is 2.97. The average molecular weight is 267 g/mol. The first-order chi connectivity index (χ1) is 8.36. The molecule has 1 heterocycles. The van der Waals surface area contributed by atoms with Gasteiger partial charge in [0.15, 0.2) is 0 Å². The Morgan fingerprint density at radius 1 is 1.06 bits per heavy atom. The summed E-state index contributed by atoms with van der Waals surface area (Å²) in [4.78, 5) is 3.96. The highest BCUT2D eigenvalue weighted by atomic mass is 35.5. The molecule has 0 aliphatic heterocycles. The Hall–Kier alpha value is -1.45. The second-order valence-corrected chi connectivity index (χ2v) is 3.87. The molecule has 4 heteroatoms. The quantitative estimate of drug-likeness (QED) is 0.842. The molecular weight excluding hydrogens is 251 g/mol. The molecule has 0 saturated heterocycles. The van der Waals surface area contributed by atoms with Crippen LogP contribution in [0.25, 0.3) is 0 Å². The number of nitrogens with one attached hydrogen (secondary N) is 1. The topological polar surface area (TPSA) is 24.9 Å². The van der Waals surface area contributed by atoms with E-state index < -0.39 is 0 Å². The largest absolute Gasteiger partial charge is 0.312 e. The van der Waals surface area contributed by atoms with Crippen LogP contribution in [-0.2, 0) is 13.0 Å². The van der Waals surface area contributed by atoms with E-state index in [1.807, 2.05) is 24.3 Å². The molecule has 2 nitrogen and oxygen atoms in total. The monoisotopic (exact) mass is 266 g/mol. The van der Waals surface area contributed by atoms with Crippen molar-refractivity contribution in [2.75, 3.05) is 6.54 Å². The number of aromatic nitrogens is 1. The number of hydrogen-bond acceptors (Lipinski definition) is 2. The van der Waals surface area contributed by atoms with Crippen LogP contribution in [0.5, 0.6) is 0 Å². The number of pyridine rings is 1. The molecule has 0 fully saturated rings. The maximum Gasteiger partial charge on any atom is 0.126 e. The summed E-state index contributed by atoms with van der Waals surface area (Å²) in [6, 6.07) is 10.8. The third-order valence-electron chi connectivity index (χ3n) is 2.61. The summed E-state index contributed by atoms with van der Waals surface area (Å²) in [6.45, 7) is 1.56. The van der Waals surface area contributed by atoms with Gasteiger partial charge >= 0.3 is 0 Å². The Labute approximate surface area is 113 Å². The van der Waals surface area contributed by atoms with Gasteiger partial charge in [-0.3, -0.25) is 4.98 Å². The van der Waals surface area contributed by atoms with E-state index in [4.69, 9.17) is 0 Å². The van der Waals surface area contributed by atoms with Crippen molar-refractivity contribution >= 4 is 12.4 Å². The van der Waals surface area contributed by atoms with Gasteiger partial charge in [0.2, 0.25) is 0 Å². The Balaban J connectivity index is 0.00000162. The molecule has 1 N–H and O–H groups in total. The number of rotatable bonds is 5. The maximum atomic E-state index is 13.3. The third-order valence-corrected chi connectivity index (χ3v) is 2.61. The summed E-state index contributed by atoms with van der Waals surface area (Å²) in [5, 5.41) is 3.28. The van der Waals surface area contributed by atoms with E-state index in [2.05, 4.69) is 10.3 Å². The molecule has 0 atom stereocenters. The van der Waals surface area contributed by atoms with Crippen molar-refractivity contribution in [3.63, 3.8) is 0 Å². The van der Waals surface area contributed by atoms with Gasteiger partial charge in [0.25, 0.3) is 0 Å². The molecule has 2 aromatic rings. The van der Waals surface area contributed by atoms with E-state index in [9.17, 15) is 4.39 Å². The lowest BCUT2D eigenvalue weighted by atomic mass is 10.1. The highest BCUT2D eigenvalue weighted by Gasteiger charge is 1.99. The summed E-state index contributed by atoms with van der Waals surface area (Å²) in [5.41, 5.74) is 1.95. The van der Waals surface area contributed by atoms with E-state index in [1.54, 1.807) is 18.5 Å². The molecule has 0 aliphatic carbocycles. The standard InChI is InChI=1S/C14H15FN2.ClH/c15-14-4-2-1-3-13(14)7-10-17-11-12-5-8-16-9-6-12;/h1-6,8-9,17H,7,10-11H2;1H. The van der Waals surface area contributed by atoms with Gasteiger partial charge in [0.1, 0.15) is 5.82 Å². The van der Waals surface area contributed by atoms with Crippen LogP contribution in [0, 0.1) is 5.82 Å². The number of hydrogen-bond donors (Lipinski definition) is 1. The van der Waals surface area contributed by atoms with Gasteiger partial charge in [0.05, 0.1) is 0 Å². The normalized spacial score (nSPS) is 9.83. The van der Waals surface area contributed by atoms with E-state index in [0.717, 1.165) is 18.7 Å². The molecule has 0 spiro atoms. The molecule has 1 aromatic carbocycles. The predicted molar refractivity (Wildman–Crippen MR) is 73.3 cm³/mol. The average Bonchev–Trinajstić information content (AvgIpc) is 2.38. The SMILES string of the molecule is Cl.Fc1ccccc1CCNCc1ccncc1. The third kappa shape index (κ3) is 4.43. The molecule has 0 radical (unpaired) electrons. The van der Waals surface area contributed by atoms with Crippen LogP contribution in [0.4, 0.5) is 4.39 Å². The minimum atomic E-state index is -0.127. The molecule has 1 aromatic heterocycles. The van der Waals surface area contributed by atoms with Crippen LogP contribution in [-0.4, -0.2) is 11.5 Å². The van der Waals surface area contributed by atoms with Gasteiger partial charge in [0, 0.05) is 18.9 Å². The van der Waals surface area contributed by atoms with Crippen molar-refractivity contribution < 1.29 is 4.39 Å². The van der Waals surface area contributed by atoms with Crippen molar-refractivity contribution in [2.24, 2.45) is 0 Å². The van der Waals surface area contributed by atoms with Crippen molar-refractivity contribution in [1.82, 2.24) is 10.3 Å². The summed E-state index contributed by atoms with van der Waals surface area (Å²) in [6.07, 6.45) is 4.25. The first kappa shape index (κ1) is 14.6. The maximum absolute atomic E-state index is 13.3. The summed E-state index contributed by atoms with van der Waals surface area (Å²) in [5.74, 6) is -0.127. The Kier molecular flexibility index (Phi) is 6.33. The lowest BCUT2D eigenvalue weighted by molar-refractivity contribution is 0.598. The number of nitrogens with zero attached hydrogens (tertiary/aromatic N) is 1. The fraction of sp³-hybridized carbons (Fsp3) is 0.214. The Morgan fingerprint density at radius 3 is 2.50 bits per heavy atom. The fourth-order valence-corrected chi connectivity index (χ4v) is 1.66. The minimum absolute atomic E-state index is 0. The van der Waals surface area contributed by atoms with E-state index in [0.29, 0.717) is 6.42 Å². The molecule has 96 valence electrons. The molecule has 0 aliphatic rings. The minimum Gasteiger partial charge on any atom is -0.312 e. The molecule has 0 saturated carbocycles. The second-order valence-electron chi connectivity index (χ2n) is 3.87. The van der Waals surface area contributed by atoms with Crippen LogP contribution in [0.15, 0.2) is 48.8 Å². The summed E-state index contributed by atoms with van der Waals surface area (Å²) < 4.78 is 13.3. The molecule has 0 amide bonds. The second kappa shape index (κ2) is 7.80. The number of halogens is 2. The van der Waals surface area contributed by atoms with Gasteiger partial charge in [-0.15, -0.1) is 12.4 Å². The van der Waals surface area contributed by atoms with E-state index in [1.165, 1.54) is 11.6 Å². The highest BCUT2D eigenvalue weighted by Crippen LogP contribution is 2.06. The van der Waals surface area contributed by atoms with Gasteiger partial charge in [-0.2, -0.15) is 0 Å². The summed E-state index contributed by atoms with van der Waals surface area (Å²) >= 11 is 0. The molecule has 2 rings (SSSR count). The van der Waals surface area contributed by atoms with Crippen LogP contribution in [0.3, 0.4) is 0 Å². The Morgan fingerprint density at radius 2 is 1.78 bits per heavy atom. The van der Waals surface area contributed by atoms with Gasteiger partial charge in [-0.25, -0.2) is 4.39 Å². The highest BCUT2D eigenvalue weighted by molar-refractivity contribution is 5.85. The van der Waals surface area contributed by atoms with Crippen molar-refractivity contribution in [1.29, 1.82) is 0 Å². The summed E-state index contributed by atoms with van der Waals surface area (Å²) in [7, 11) is 0. The van der Waals surface area contributed by atoms with Crippen LogP contribution in [0.2, 0.25) is 0 Å². The first-order valence-corrected chi connectivity index (χ1v) is 5.69. The Bertz CT molecular complexity index is 462. The molecule has 18 heavy (non-hydrogen) atoms.